The van der Waals surface area contributed by atoms with Crippen molar-refractivity contribution in [2.45, 2.75) is 58.3 Å². The molecule has 2 aromatic carbocycles. The van der Waals surface area contributed by atoms with Crippen molar-refractivity contribution in [3.05, 3.63) is 53.1 Å². The number of hydrogen-bond acceptors (Lipinski definition) is 5. The Morgan fingerprint density at radius 3 is 2.12 bits per heavy atom. The minimum Gasteiger partial charge on any atom is -0.298 e. The fourth-order valence-electron chi connectivity index (χ4n) is 3.43. The van der Waals surface area contributed by atoms with Crippen molar-refractivity contribution in [1.82, 2.24) is 9.29 Å². The van der Waals surface area contributed by atoms with E-state index < -0.39 is 10.0 Å². The highest BCUT2D eigenvalue weighted by atomic mass is 32.2. The van der Waals surface area contributed by atoms with E-state index in [1.165, 1.54) is 23.5 Å². The number of carbonyl (C=O) groups excluding carboxylic acids is 1. The number of benzene rings is 2. The molecule has 0 radical (unpaired) electrons. The Balaban J connectivity index is 1.77. The molecule has 0 aliphatic rings. The zero-order valence-electron chi connectivity index (χ0n) is 19.1. The third-order valence-corrected chi connectivity index (χ3v) is 8.46. The number of nitrogens with one attached hydrogen (secondary N) is 1. The maximum absolute atomic E-state index is 13.1. The molecule has 0 aliphatic heterocycles. The first-order chi connectivity index (χ1) is 15.3. The zero-order valence-corrected chi connectivity index (χ0v) is 20.8. The molecule has 3 rings (SSSR count). The third-order valence-electron chi connectivity index (χ3n) is 5.44. The summed E-state index contributed by atoms with van der Waals surface area (Å²) in [5.41, 5.74) is 3.47. The van der Waals surface area contributed by atoms with Crippen molar-refractivity contribution in [2.75, 3.05) is 18.4 Å². The summed E-state index contributed by atoms with van der Waals surface area (Å²) in [5.74, 6) is -0.308. The van der Waals surface area contributed by atoms with Gasteiger partial charge in [0.1, 0.15) is 0 Å². The molecule has 0 saturated carbocycles. The zero-order chi connectivity index (χ0) is 23.3. The van der Waals surface area contributed by atoms with Crippen LogP contribution in [0.2, 0.25) is 0 Å². The molecule has 1 N–H and O–H groups in total. The summed E-state index contributed by atoms with van der Waals surface area (Å²) in [7, 11) is -3.58. The molecular weight excluding hydrogens is 442 g/mol. The van der Waals surface area contributed by atoms with E-state index in [1.54, 1.807) is 16.4 Å². The van der Waals surface area contributed by atoms with Gasteiger partial charge in [0.2, 0.25) is 10.0 Å². The topological polar surface area (TPSA) is 79.4 Å². The van der Waals surface area contributed by atoms with E-state index in [2.05, 4.69) is 10.3 Å². The van der Waals surface area contributed by atoms with Crippen LogP contribution in [0.3, 0.4) is 0 Å². The predicted molar refractivity (Wildman–Crippen MR) is 132 cm³/mol. The number of rotatable bonds is 10. The molecule has 0 aliphatic carbocycles. The molecule has 32 heavy (non-hydrogen) atoms. The lowest BCUT2D eigenvalue weighted by molar-refractivity contribution is 0.102. The molecule has 0 unspecified atom stereocenters. The highest BCUT2D eigenvalue weighted by molar-refractivity contribution is 7.89. The maximum Gasteiger partial charge on any atom is 0.257 e. The van der Waals surface area contributed by atoms with Gasteiger partial charge in [-0.1, -0.05) is 50.2 Å². The number of nitrogens with zero attached hydrogens (tertiary/aromatic N) is 2. The third kappa shape index (κ3) is 5.36. The van der Waals surface area contributed by atoms with Gasteiger partial charge in [-0.15, -0.1) is 0 Å². The van der Waals surface area contributed by atoms with E-state index >= 15 is 0 Å². The van der Waals surface area contributed by atoms with Crippen LogP contribution in [0.25, 0.3) is 10.2 Å². The average Bonchev–Trinajstić information content (AvgIpc) is 3.21. The lowest BCUT2D eigenvalue weighted by Gasteiger charge is -2.22. The minimum atomic E-state index is -3.58. The predicted octanol–water partition coefficient (Wildman–Crippen LogP) is 5.76. The van der Waals surface area contributed by atoms with Gasteiger partial charge in [0.25, 0.3) is 5.91 Å². The Morgan fingerprint density at radius 2 is 1.56 bits per heavy atom. The van der Waals surface area contributed by atoms with Gasteiger partial charge >= 0.3 is 0 Å². The summed E-state index contributed by atoms with van der Waals surface area (Å²) in [6, 6.07) is 10.2. The summed E-state index contributed by atoms with van der Waals surface area (Å²) in [5, 5.41) is 3.38. The van der Waals surface area contributed by atoms with Gasteiger partial charge < -0.3 is 0 Å². The van der Waals surface area contributed by atoms with Crippen molar-refractivity contribution in [1.29, 1.82) is 0 Å². The lowest BCUT2D eigenvalue weighted by atomic mass is 10.1. The van der Waals surface area contributed by atoms with Crippen molar-refractivity contribution in [3.8, 4) is 0 Å². The molecule has 3 aromatic rings. The molecule has 1 heterocycles. The first kappa shape index (κ1) is 24.4. The van der Waals surface area contributed by atoms with E-state index in [9.17, 15) is 13.2 Å². The summed E-state index contributed by atoms with van der Waals surface area (Å²) in [6.45, 7) is 9.14. The number of sulfonamides is 1. The first-order valence-electron chi connectivity index (χ1n) is 11.1. The maximum atomic E-state index is 13.1. The van der Waals surface area contributed by atoms with Crippen molar-refractivity contribution >= 4 is 42.6 Å². The van der Waals surface area contributed by atoms with Gasteiger partial charge in [0, 0.05) is 18.7 Å². The minimum absolute atomic E-state index is 0.215. The van der Waals surface area contributed by atoms with E-state index in [0.717, 1.165) is 47.0 Å². The van der Waals surface area contributed by atoms with Crippen LogP contribution in [0.5, 0.6) is 0 Å². The van der Waals surface area contributed by atoms with E-state index in [0.29, 0.717) is 23.8 Å². The van der Waals surface area contributed by atoms with Gasteiger partial charge in [0.05, 0.1) is 15.1 Å². The molecule has 0 spiro atoms. The Morgan fingerprint density at radius 1 is 0.969 bits per heavy atom. The van der Waals surface area contributed by atoms with Crippen LogP contribution in [0.15, 0.2) is 41.3 Å². The average molecular weight is 474 g/mol. The summed E-state index contributed by atoms with van der Waals surface area (Å²) in [4.78, 5) is 17.5. The molecule has 0 fully saturated rings. The van der Waals surface area contributed by atoms with E-state index in [1.807, 2.05) is 39.8 Å². The van der Waals surface area contributed by atoms with Crippen molar-refractivity contribution < 1.29 is 13.2 Å². The molecule has 8 heteroatoms. The van der Waals surface area contributed by atoms with Crippen LogP contribution in [-0.2, 0) is 10.0 Å². The number of fused-ring (bicyclic) bond motifs is 1. The number of anilines is 1. The fraction of sp³-hybridized carbons (Fsp3) is 0.417. The lowest BCUT2D eigenvalue weighted by Crippen LogP contribution is -2.33. The Bertz CT molecular complexity index is 1140. The smallest absolute Gasteiger partial charge is 0.257 e. The molecule has 172 valence electrons. The first-order valence-corrected chi connectivity index (χ1v) is 13.3. The molecule has 0 atom stereocenters. The highest BCUT2D eigenvalue weighted by Crippen LogP contribution is 2.31. The number of hydrogen-bond donors (Lipinski definition) is 1. The number of amides is 1. The van der Waals surface area contributed by atoms with Crippen LogP contribution in [0.4, 0.5) is 5.13 Å². The molecule has 6 nitrogen and oxygen atoms in total. The van der Waals surface area contributed by atoms with Crippen LogP contribution >= 0.6 is 11.3 Å². The summed E-state index contributed by atoms with van der Waals surface area (Å²) in [6.07, 6.45) is 3.51. The fourth-order valence-corrected chi connectivity index (χ4v) is 5.95. The van der Waals surface area contributed by atoms with Gasteiger partial charge in [-0.2, -0.15) is 4.31 Å². The normalized spacial score (nSPS) is 11.9. The highest BCUT2D eigenvalue weighted by Gasteiger charge is 2.24. The molecular formula is C24H31N3O3S2. The summed E-state index contributed by atoms with van der Waals surface area (Å²) >= 11 is 1.44. The monoisotopic (exact) mass is 473 g/mol. The SMILES string of the molecule is CCCCN(CCCC)S(=O)(=O)c1ccc(C(=O)Nc2nc3c(C)ccc(C)c3s2)cc1. The number of aromatic nitrogens is 1. The Hall–Kier alpha value is -2.29. The van der Waals surface area contributed by atoms with Gasteiger partial charge in [-0.3, -0.25) is 10.1 Å². The Labute approximate surface area is 194 Å². The van der Waals surface area contributed by atoms with Crippen LogP contribution in [0, 0.1) is 13.8 Å². The van der Waals surface area contributed by atoms with Crippen LogP contribution in [-0.4, -0.2) is 36.7 Å². The Kier molecular flexibility index (Phi) is 8.03. The molecule has 1 aromatic heterocycles. The number of unbranched alkanes of at least 4 members (excludes halogenated alkanes) is 2. The van der Waals surface area contributed by atoms with Gasteiger partial charge in [-0.25, -0.2) is 13.4 Å². The molecule has 0 bridgehead atoms. The van der Waals surface area contributed by atoms with E-state index in [-0.39, 0.29) is 10.8 Å². The van der Waals surface area contributed by atoms with Gasteiger partial charge in [0.15, 0.2) is 5.13 Å². The standard InChI is InChI=1S/C24H31N3O3S2/c1-5-7-15-27(16-8-6-2)32(29,30)20-13-11-19(12-14-20)23(28)26-24-25-21-17(3)9-10-18(4)22(21)31-24/h9-14H,5-8,15-16H2,1-4H3,(H,25,26,28). The quantitative estimate of drug-likeness (QED) is 0.406. The number of aryl methyl sites for hydroxylation is 2. The molecule has 1 amide bonds. The molecule has 0 saturated heterocycles. The van der Waals surface area contributed by atoms with Gasteiger partial charge in [-0.05, 0) is 62.1 Å². The second-order valence-electron chi connectivity index (χ2n) is 7.99. The van der Waals surface area contributed by atoms with Crippen LogP contribution < -0.4 is 5.32 Å². The van der Waals surface area contributed by atoms with Crippen molar-refractivity contribution in [2.24, 2.45) is 0 Å². The second-order valence-corrected chi connectivity index (χ2v) is 10.9. The number of thiazole rings is 1. The second kappa shape index (κ2) is 10.6. The largest absolute Gasteiger partial charge is 0.298 e. The number of carbonyl (C=O) groups is 1. The van der Waals surface area contributed by atoms with Crippen molar-refractivity contribution in [3.63, 3.8) is 0 Å². The van der Waals surface area contributed by atoms with E-state index in [4.69, 9.17) is 0 Å². The van der Waals surface area contributed by atoms with Crippen LogP contribution in [0.1, 0.15) is 61.0 Å². The summed E-state index contributed by atoms with van der Waals surface area (Å²) < 4.78 is 28.8.